The first-order valence-electron chi connectivity index (χ1n) is 11.7. The third-order valence-corrected chi connectivity index (χ3v) is 7.02. The van der Waals surface area contributed by atoms with E-state index in [-0.39, 0.29) is 11.5 Å². The molecule has 2 aromatic carbocycles. The molecule has 2 aromatic rings. The Morgan fingerprint density at radius 3 is 2.16 bits per heavy atom. The normalized spacial score (nSPS) is 16.8. The molecule has 1 saturated carbocycles. The van der Waals surface area contributed by atoms with Gasteiger partial charge in [-0.2, -0.15) is 18.4 Å². The monoisotopic (exact) mass is 442 g/mol. The minimum Gasteiger partial charge on any atom is -0.303 e. The van der Waals surface area contributed by atoms with E-state index in [9.17, 15) is 18.4 Å². The zero-order chi connectivity index (χ0) is 23.0. The fourth-order valence-electron chi connectivity index (χ4n) is 5.25. The molecule has 0 heterocycles. The van der Waals surface area contributed by atoms with E-state index in [0.717, 1.165) is 57.8 Å². The number of alkyl halides is 3. The number of benzene rings is 2. The maximum Gasteiger partial charge on any atom is 0.416 e. The van der Waals surface area contributed by atoms with Crippen LogP contribution in [0, 0.1) is 17.2 Å². The molecule has 0 amide bonds. The summed E-state index contributed by atoms with van der Waals surface area (Å²) in [4.78, 5) is 2.33. The molecule has 1 unspecified atom stereocenters. The maximum atomic E-state index is 13.9. The Morgan fingerprint density at radius 1 is 0.938 bits per heavy atom. The molecule has 5 heteroatoms. The quantitative estimate of drug-likeness (QED) is 0.396. The van der Waals surface area contributed by atoms with Crippen molar-refractivity contribution in [3.05, 3.63) is 71.3 Å². The molecule has 0 aromatic heterocycles. The minimum absolute atomic E-state index is 0.0182. The molecule has 0 radical (unpaired) electrons. The first-order chi connectivity index (χ1) is 15.4. The Morgan fingerprint density at radius 2 is 1.56 bits per heavy atom. The van der Waals surface area contributed by atoms with Crippen LogP contribution in [0.5, 0.6) is 0 Å². The van der Waals surface area contributed by atoms with Crippen LogP contribution in [-0.2, 0) is 18.0 Å². The van der Waals surface area contributed by atoms with Crippen LogP contribution < -0.4 is 0 Å². The molecular formula is C27H33F3N2. The van der Waals surface area contributed by atoms with E-state index in [1.807, 2.05) is 18.2 Å². The van der Waals surface area contributed by atoms with E-state index < -0.39 is 17.2 Å². The first kappa shape index (κ1) is 24.3. The van der Waals surface area contributed by atoms with Crippen LogP contribution in [0.25, 0.3) is 0 Å². The van der Waals surface area contributed by atoms with Gasteiger partial charge in [-0.3, -0.25) is 0 Å². The summed E-state index contributed by atoms with van der Waals surface area (Å²) in [5, 5.41) is 10.3. The zero-order valence-electron chi connectivity index (χ0n) is 18.9. The highest BCUT2D eigenvalue weighted by Gasteiger charge is 2.46. The molecule has 0 spiro atoms. The van der Waals surface area contributed by atoms with Crippen LogP contribution in [0.1, 0.15) is 62.1 Å². The van der Waals surface area contributed by atoms with Crippen molar-refractivity contribution in [3.63, 3.8) is 0 Å². The van der Waals surface area contributed by atoms with Crippen LogP contribution in [0.2, 0.25) is 0 Å². The van der Waals surface area contributed by atoms with Crippen molar-refractivity contribution in [3.8, 4) is 6.07 Å². The molecule has 0 saturated heterocycles. The van der Waals surface area contributed by atoms with Gasteiger partial charge in [0.25, 0.3) is 0 Å². The van der Waals surface area contributed by atoms with E-state index in [1.165, 1.54) is 17.7 Å². The molecule has 1 aliphatic rings. The highest BCUT2D eigenvalue weighted by Crippen LogP contribution is 2.48. The van der Waals surface area contributed by atoms with Gasteiger partial charge in [0, 0.05) is 6.54 Å². The lowest BCUT2D eigenvalue weighted by Gasteiger charge is -2.36. The molecule has 172 valence electrons. The second-order valence-electron chi connectivity index (χ2n) is 8.88. The lowest BCUT2D eigenvalue weighted by atomic mass is 9.66. The summed E-state index contributed by atoms with van der Waals surface area (Å²) >= 11 is 0. The van der Waals surface area contributed by atoms with Crippen LogP contribution in [0.15, 0.2) is 54.6 Å². The molecule has 0 aliphatic heterocycles. The predicted octanol–water partition coefficient (Wildman–Crippen LogP) is 7.00. The summed E-state index contributed by atoms with van der Waals surface area (Å²) in [6.07, 6.45) is 1.28. The Hall–Kier alpha value is -2.32. The van der Waals surface area contributed by atoms with Gasteiger partial charge < -0.3 is 4.90 Å². The van der Waals surface area contributed by atoms with Crippen molar-refractivity contribution in [2.75, 3.05) is 19.6 Å². The standard InChI is InChI=1S/C27H33F3N2/c1-2-32(20-17-22-11-4-3-5-12-22)19-10-18-26(21-31,23-13-6-7-14-23)24-15-8-9-16-25(24)27(28,29)30/h3-5,8-9,11-12,15-16,23H,2,6-7,10,13-14,17-20H2,1H3. The van der Waals surface area contributed by atoms with Gasteiger partial charge in [0.1, 0.15) is 0 Å². The number of nitrogens with zero attached hydrogens (tertiary/aromatic N) is 2. The Balaban J connectivity index is 1.76. The van der Waals surface area contributed by atoms with Gasteiger partial charge in [0.15, 0.2) is 0 Å². The lowest BCUT2D eigenvalue weighted by Crippen LogP contribution is -2.36. The highest BCUT2D eigenvalue weighted by molar-refractivity contribution is 5.42. The Labute approximate surface area is 190 Å². The third-order valence-electron chi connectivity index (χ3n) is 7.02. The minimum atomic E-state index is -4.46. The van der Waals surface area contributed by atoms with E-state index >= 15 is 0 Å². The van der Waals surface area contributed by atoms with E-state index in [4.69, 9.17) is 0 Å². The Kier molecular flexibility index (Phi) is 8.37. The molecule has 0 bridgehead atoms. The van der Waals surface area contributed by atoms with Crippen molar-refractivity contribution < 1.29 is 13.2 Å². The predicted molar refractivity (Wildman–Crippen MR) is 122 cm³/mol. The van der Waals surface area contributed by atoms with Gasteiger partial charge in [-0.1, -0.05) is 68.3 Å². The molecule has 1 aliphatic carbocycles. The summed E-state index contributed by atoms with van der Waals surface area (Å²) in [6.45, 7) is 4.68. The zero-order valence-corrected chi connectivity index (χ0v) is 18.9. The van der Waals surface area contributed by atoms with Crippen molar-refractivity contribution in [2.24, 2.45) is 5.92 Å². The molecule has 1 fully saturated rings. The largest absolute Gasteiger partial charge is 0.416 e. The van der Waals surface area contributed by atoms with Gasteiger partial charge >= 0.3 is 6.18 Å². The second-order valence-corrected chi connectivity index (χ2v) is 8.88. The lowest BCUT2D eigenvalue weighted by molar-refractivity contribution is -0.138. The summed E-state index contributed by atoms with van der Waals surface area (Å²) < 4.78 is 41.6. The smallest absolute Gasteiger partial charge is 0.303 e. The molecule has 2 nitrogen and oxygen atoms in total. The molecule has 32 heavy (non-hydrogen) atoms. The van der Waals surface area contributed by atoms with Crippen LogP contribution >= 0.6 is 0 Å². The number of hydrogen-bond acceptors (Lipinski definition) is 2. The van der Waals surface area contributed by atoms with Gasteiger partial charge in [-0.25, -0.2) is 0 Å². The highest BCUT2D eigenvalue weighted by atomic mass is 19.4. The molecule has 0 N–H and O–H groups in total. The van der Waals surface area contributed by atoms with Gasteiger partial charge in [-0.05, 0) is 68.3 Å². The number of nitriles is 1. The topological polar surface area (TPSA) is 27.0 Å². The Bertz CT molecular complexity index is 882. The number of rotatable bonds is 10. The van der Waals surface area contributed by atoms with E-state index in [2.05, 4.69) is 30.0 Å². The molecular weight excluding hydrogens is 409 g/mol. The summed E-state index contributed by atoms with van der Waals surface area (Å²) in [5.41, 5.74) is -0.275. The van der Waals surface area contributed by atoms with Gasteiger partial charge in [0.2, 0.25) is 0 Å². The SMILES string of the molecule is CCN(CCCC(C#N)(c1ccccc1C(F)(F)F)C1CCCC1)CCc1ccccc1. The number of hydrogen-bond donors (Lipinski definition) is 0. The van der Waals surface area contributed by atoms with E-state index in [1.54, 1.807) is 6.07 Å². The van der Waals surface area contributed by atoms with Crippen molar-refractivity contribution in [2.45, 2.75) is 63.5 Å². The maximum absolute atomic E-state index is 13.9. The van der Waals surface area contributed by atoms with Crippen LogP contribution in [0.3, 0.4) is 0 Å². The fourth-order valence-corrected chi connectivity index (χ4v) is 5.25. The fraction of sp³-hybridized carbons (Fsp3) is 0.519. The molecule has 3 rings (SSSR count). The van der Waals surface area contributed by atoms with Gasteiger partial charge in [0.05, 0.1) is 17.0 Å². The average Bonchev–Trinajstić information content (AvgIpc) is 3.34. The number of halogens is 3. The third kappa shape index (κ3) is 5.72. The van der Waals surface area contributed by atoms with Crippen molar-refractivity contribution in [1.29, 1.82) is 5.26 Å². The van der Waals surface area contributed by atoms with Crippen LogP contribution in [0.4, 0.5) is 13.2 Å². The van der Waals surface area contributed by atoms with Gasteiger partial charge in [-0.15, -0.1) is 0 Å². The van der Waals surface area contributed by atoms with Crippen molar-refractivity contribution >= 4 is 0 Å². The summed E-state index contributed by atoms with van der Waals surface area (Å²) in [7, 11) is 0. The number of likely N-dealkylation sites (N-methyl/N-ethyl adjacent to an activating group) is 1. The summed E-state index contributed by atoms with van der Waals surface area (Å²) in [6, 6.07) is 18.5. The average molecular weight is 443 g/mol. The second kappa shape index (κ2) is 11.0. The first-order valence-corrected chi connectivity index (χ1v) is 11.7. The summed E-state index contributed by atoms with van der Waals surface area (Å²) in [5.74, 6) is -0.0182. The van der Waals surface area contributed by atoms with Crippen molar-refractivity contribution in [1.82, 2.24) is 4.90 Å². The van der Waals surface area contributed by atoms with E-state index in [0.29, 0.717) is 12.8 Å². The van der Waals surface area contributed by atoms with Crippen LogP contribution in [-0.4, -0.2) is 24.5 Å². The molecule has 1 atom stereocenters.